The van der Waals surface area contributed by atoms with Crippen LogP contribution in [0.4, 0.5) is 20.1 Å². The highest BCUT2D eigenvalue weighted by molar-refractivity contribution is 7.22. The highest BCUT2D eigenvalue weighted by Gasteiger charge is 2.29. The molecular formula is C21H24FN5O3S. The summed E-state index contributed by atoms with van der Waals surface area (Å²) in [6, 6.07) is 8.67. The predicted octanol–water partition coefficient (Wildman–Crippen LogP) is 2.47. The number of carbonyl (C=O) groups is 1. The Morgan fingerprint density at radius 3 is 2.90 bits per heavy atom. The average molecular weight is 446 g/mol. The number of nitrogens with zero attached hydrogens (tertiary/aromatic N) is 4. The van der Waals surface area contributed by atoms with Gasteiger partial charge < -0.3 is 20.0 Å². The van der Waals surface area contributed by atoms with Crippen LogP contribution in [0.5, 0.6) is 0 Å². The van der Waals surface area contributed by atoms with Gasteiger partial charge in [-0.3, -0.25) is 5.32 Å². The van der Waals surface area contributed by atoms with Crippen LogP contribution in [0, 0.1) is 5.82 Å². The normalized spacial score (nSPS) is 17.7. The number of thiazole rings is 1. The molecule has 1 saturated heterocycles. The number of anilines is 2. The first kappa shape index (κ1) is 21.4. The molecule has 0 aliphatic carbocycles. The van der Waals surface area contributed by atoms with Crippen LogP contribution in [0.25, 0.3) is 10.2 Å². The lowest BCUT2D eigenvalue weighted by atomic mass is 10.1. The van der Waals surface area contributed by atoms with Crippen molar-refractivity contribution in [3.8, 4) is 0 Å². The summed E-state index contributed by atoms with van der Waals surface area (Å²) in [5.41, 5.74) is 1.36. The van der Waals surface area contributed by atoms with Crippen molar-refractivity contribution in [2.45, 2.75) is 25.5 Å². The molecule has 1 unspecified atom stereocenters. The van der Waals surface area contributed by atoms with Crippen LogP contribution < -0.4 is 10.2 Å². The summed E-state index contributed by atoms with van der Waals surface area (Å²) in [4.78, 5) is 24.9. The maximum absolute atomic E-state index is 14.7. The van der Waals surface area contributed by atoms with Crippen molar-refractivity contribution in [1.82, 2.24) is 14.9 Å². The van der Waals surface area contributed by atoms with Gasteiger partial charge in [0.1, 0.15) is 0 Å². The Kier molecular flexibility index (Phi) is 6.30. The SMILES string of the molecule is CC1CN(C(=O)Nc2nc3ccccc3s2)CCN1c1ncc(C[C@H](O)CO)cc1F. The van der Waals surface area contributed by atoms with Crippen LogP contribution >= 0.6 is 11.3 Å². The summed E-state index contributed by atoms with van der Waals surface area (Å²) in [5, 5.41) is 21.9. The van der Waals surface area contributed by atoms with Gasteiger partial charge in [0, 0.05) is 38.3 Å². The summed E-state index contributed by atoms with van der Waals surface area (Å²) in [5.74, 6) is -0.261. The lowest BCUT2D eigenvalue weighted by molar-refractivity contribution is 0.0954. The fourth-order valence-corrected chi connectivity index (χ4v) is 4.54. The number of hydrogen-bond donors (Lipinski definition) is 3. The highest BCUT2D eigenvalue weighted by atomic mass is 32.1. The first-order valence-electron chi connectivity index (χ1n) is 10.1. The number of aliphatic hydroxyl groups is 2. The zero-order chi connectivity index (χ0) is 22.0. The van der Waals surface area contributed by atoms with E-state index in [1.807, 2.05) is 36.1 Å². The lowest BCUT2D eigenvalue weighted by Crippen LogP contribution is -2.55. The van der Waals surface area contributed by atoms with Gasteiger partial charge in [0.15, 0.2) is 16.8 Å². The second-order valence-corrected chi connectivity index (χ2v) is 8.63. The van der Waals surface area contributed by atoms with Crippen LogP contribution in [0.2, 0.25) is 0 Å². The van der Waals surface area contributed by atoms with Gasteiger partial charge >= 0.3 is 6.03 Å². The number of rotatable bonds is 5. The number of aliphatic hydroxyl groups excluding tert-OH is 2. The molecule has 0 saturated carbocycles. The summed E-state index contributed by atoms with van der Waals surface area (Å²) in [7, 11) is 0. The Labute approximate surface area is 183 Å². The number of urea groups is 1. The molecule has 0 spiro atoms. The van der Waals surface area contributed by atoms with Gasteiger partial charge in [-0.25, -0.2) is 19.2 Å². The fourth-order valence-electron chi connectivity index (χ4n) is 3.68. The van der Waals surface area contributed by atoms with E-state index in [1.165, 1.54) is 23.6 Å². The Morgan fingerprint density at radius 2 is 2.19 bits per heavy atom. The number of piperazine rings is 1. The van der Waals surface area contributed by atoms with Crippen LogP contribution in [-0.4, -0.2) is 69.5 Å². The monoisotopic (exact) mass is 445 g/mol. The van der Waals surface area contributed by atoms with Gasteiger partial charge in [0.05, 0.1) is 22.9 Å². The van der Waals surface area contributed by atoms with Crippen LogP contribution in [0.3, 0.4) is 0 Å². The van der Waals surface area contributed by atoms with Gasteiger partial charge in [0.2, 0.25) is 0 Å². The second-order valence-electron chi connectivity index (χ2n) is 7.59. The number of benzene rings is 1. The number of fused-ring (bicyclic) bond motifs is 1. The minimum atomic E-state index is -0.941. The van der Waals surface area contributed by atoms with Crippen molar-refractivity contribution in [1.29, 1.82) is 0 Å². The van der Waals surface area contributed by atoms with E-state index in [0.717, 1.165) is 10.2 Å². The molecular weight excluding hydrogens is 421 g/mol. The molecule has 164 valence electrons. The van der Waals surface area contributed by atoms with E-state index in [1.54, 1.807) is 4.90 Å². The molecule has 4 rings (SSSR count). The quantitative estimate of drug-likeness (QED) is 0.558. The first-order chi connectivity index (χ1) is 14.9. The minimum Gasteiger partial charge on any atom is -0.394 e. The maximum Gasteiger partial charge on any atom is 0.323 e. The van der Waals surface area contributed by atoms with Gasteiger partial charge in [-0.15, -0.1) is 0 Å². The van der Waals surface area contributed by atoms with E-state index in [2.05, 4.69) is 15.3 Å². The highest BCUT2D eigenvalue weighted by Crippen LogP contribution is 2.27. The third-order valence-corrected chi connectivity index (χ3v) is 6.21. The molecule has 8 nitrogen and oxygen atoms in total. The molecule has 1 aromatic carbocycles. The van der Waals surface area contributed by atoms with Gasteiger partial charge in [-0.05, 0) is 30.7 Å². The van der Waals surface area contributed by atoms with Crippen molar-refractivity contribution in [3.63, 3.8) is 0 Å². The number of aromatic nitrogens is 2. The standard InChI is InChI=1S/C21H24FN5O3S/c1-13-11-26(21(30)25-20-24-17-4-2-3-5-18(17)31-20)6-7-27(13)19-16(22)9-14(10-23-19)8-15(29)12-28/h2-5,9-10,13,15,28-29H,6-8,11-12H2,1H3,(H,24,25,30)/t13?,15-/m0/s1. The molecule has 3 aromatic rings. The topological polar surface area (TPSA) is 102 Å². The van der Waals surface area contributed by atoms with E-state index in [9.17, 15) is 14.3 Å². The number of hydrogen-bond acceptors (Lipinski definition) is 7. The van der Waals surface area contributed by atoms with Crippen LogP contribution in [-0.2, 0) is 6.42 Å². The predicted molar refractivity (Wildman–Crippen MR) is 118 cm³/mol. The number of amides is 2. The maximum atomic E-state index is 14.7. The number of carbonyl (C=O) groups excluding carboxylic acids is 1. The Bertz CT molecular complexity index is 1050. The zero-order valence-electron chi connectivity index (χ0n) is 17.0. The van der Waals surface area contributed by atoms with Crippen molar-refractivity contribution < 1.29 is 19.4 Å². The van der Waals surface area contributed by atoms with Gasteiger partial charge in [0.25, 0.3) is 0 Å². The first-order valence-corrected chi connectivity index (χ1v) is 10.9. The molecule has 1 aliphatic heterocycles. The summed E-state index contributed by atoms with van der Waals surface area (Å²) >= 11 is 1.42. The smallest absolute Gasteiger partial charge is 0.323 e. The Morgan fingerprint density at radius 1 is 1.39 bits per heavy atom. The summed E-state index contributed by atoms with van der Waals surface area (Å²) in [6.07, 6.45) is 0.704. The van der Waals surface area contributed by atoms with E-state index >= 15 is 0 Å². The van der Waals surface area contributed by atoms with E-state index in [0.29, 0.717) is 30.3 Å². The number of para-hydroxylation sites is 1. The average Bonchev–Trinajstić information content (AvgIpc) is 3.16. The third kappa shape index (κ3) is 4.76. The van der Waals surface area contributed by atoms with E-state index in [-0.39, 0.29) is 30.9 Å². The van der Waals surface area contributed by atoms with Crippen LogP contribution in [0.15, 0.2) is 36.5 Å². The number of halogens is 1. The Hall–Kier alpha value is -2.82. The molecule has 0 radical (unpaired) electrons. The van der Waals surface area contributed by atoms with E-state index < -0.39 is 11.9 Å². The van der Waals surface area contributed by atoms with Crippen molar-refractivity contribution in [2.75, 3.05) is 36.5 Å². The summed E-state index contributed by atoms with van der Waals surface area (Å²) < 4.78 is 15.7. The minimum absolute atomic E-state index is 0.134. The second kappa shape index (κ2) is 9.13. The van der Waals surface area contributed by atoms with Crippen LogP contribution in [0.1, 0.15) is 12.5 Å². The lowest BCUT2D eigenvalue weighted by Gasteiger charge is -2.40. The zero-order valence-corrected chi connectivity index (χ0v) is 17.8. The number of pyridine rings is 1. The largest absolute Gasteiger partial charge is 0.394 e. The molecule has 3 N–H and O–H groups in total. The molecule has 2 aromatic heterocycles. The third-order valence-electron chi connectivity index (χ3n) is 5.25. The Balaban J connectivity index is 1.39. The molecule has 2 atom stereocenters. The van der Waals surface area contributed by atoms with E-state index in [4.69, 9.17) is 5.11 Å². The van der Waals surface area contributed by atoms with Gasteiger partial charge in [-0.1, -0.05) is 23.5 Å². The molecule has 31 heavy (non-hydrogen) atoms. The van der Waals surface area contributed by atoms with Crippen molar-refractivity contribution in [2.24, 2.45) is 0 Å². The molecule has 10 heteroatoms. The number of nitrogens with one attached hydrogen (secondary N) is 1. The fraction of sp³-hybridized carbons (Fsp3) is 0.381. The molecule has 1 fully saturated rings. The van der Waals surface area contributed by atoms with Crippen molar-refractivity contribution in [3.05, 3.63) is 47.9 Å². The molecule has 1 aliphatic rings. The van der Waals surface area contributed by atoms with Crippen molar-refractivity contribution >= 4 is 38.5 Å². The molecule has 2 amide bonds. The van der Waals surface area contributed by atoms with Gasteiger partial charge in [-0.2, -0.15) is 0 Å². The summed E-state index contributed by atoms with van der Waals surface area (Å²) in [6.45, 7) is 2.82. The molecule has 3 heterocycles. The molecule has 0 bridgehead atoms.